The highest BCUT2D eigenvalue weighted by Crippen LogP contribution is 2.24. The number of amides is 1. The van der Waals surface area contributed by atoms with Crippen molar-refractivity contribution >= 4 is 35.8 Å². The molecule has 164 valence electrons. The number of carbonyl (C=O) groups excluding carboxylic acids is 1. The fourth-order valence-electron chi connectivity index (χ4n) is 3.65. The zero-order valence-corrected chi connectivity index (χ0v) is 19.8. The van der Waals surface area contributed by atoms with Gasteiger partial charge in [0.1, 0.15) is 5.76 Å². The van der Waals surface area contributed by atoms with Crippen LogP contribution >= 0.6 is 24.0 Å². The molecule has 1 aromatic heterocycles. The Morgan fingerprint density at radius 2 is 2.00 bits per heavy atom. The number of rotatable bonds is 8. The summed E-state index contributed by atoms with van der Waals surface area (Å²) in [7, 11) is 0. The van der Waals surface area contributed by atoms with E-state index in [0.717, 1.165) is 36.9 Å². The second-order valence-corrected chi connectivity index (χ2v) is 7.27. The summed E-state index contributed by atoms with van der Waals surface area (Å²) in [5.74, 6) is 1.29. The largest absolute Gasteiger partial charge is 0.468 e. The Hall–Kier alpha value is -2.07. The third-order valence-corrected chi connectivity index (χ3v) is 5.14. The monoisotopic (exact) mass is 525 g/mol. The van der Waals surface area contributed by atoms with Crippen molar-refractivity contribution in [3.63, 3.8) is 0 Å². The fourth-order valence-corrected chi connectivity index (χ4v) is 3.65. The van der Waals surface area contributed by atoms with Crippen LogP contribution in [0.25, 0.3) is 0 Å². The molecule has 1 fully saturated rings. The van der Waals surface area contributed by atoms with Gasteiger partial charge >= 0.3 is 0 Å². The Bertz CT molecular complexity index is 804. The molecule has 0 aliphatic carbocycles. The van der Waals surface area contributed by atoms with Crippen LogP contribution in [0.3, 0.4) is 0 Å². The minimum absolute atomic E-state index is 0. The number of halogens is 1. The number of hydrogen-bond donors (Lipinski definition) is 3. The van der Waals surface area contributed by atoms with E-state index in [1.54, 1.807) is 18.4 Å². The lowest BCUT2D eigenvalue weighted by molar-refractivity contribution is 0.1000. The Morgan fingerprint density at radius 3 is 2.67 bits per heavy atom. The van der Waals surface area contributed by atoms with Gasteiger partial charge in [-0.15, -0.1) is 24.0 Å². The minimum atomic E-state index is -0.427. The summed E-state index contributed by atoms with van der Waals surface area (Å²) in [6.45, 7) is 6.15. The molecule has 1 aliphatic heterocycles. The second-order valence-electron chi connectivity index (χ2n) is 7.27. The average Bonchev–Trinajstić information content (AvgIpc) is 3.27. The number of likely N-dealkylation sites (tertiary alicyclic amines) is 1. The van der Waals surface area contributed by atoms with E-state index in [4.69, 9.17) is 10.2 Å². The van der Waals surface area contributed by atoms with Gasteiger partial charge in [-0.25, -0.2) is 4.99 Å². The third kappa shape index (κ3) is 7.02. The van der Waals surface area contributed by atoms with E-state index in [1.807, 2.05) is 31.2 Å². The predicted molar refractivity (Wildman–Crippen MR) is 130 cm³/mol. The van der Waals surface area contributed by atoms with E-state index in [2.05, 4.69) is 20.5 Å². The summed E-state index contributed by atoms with van der Waals surface area (Å²) < 4.78 is 5.72. The number of primary amides is 1. The molecule has 1 amide bonds. The number of guanidine groups is 1. The number of aliphatic imine (C=N–C) groups is 1. The molecule has 8 heteroatoms. The first-order valence-electron chi connectivity index (χ1n) is 10.4. The van der Waals surface area contributed by atoms with Crippen LogP contribution in [-0.4, -0.2) is 42.9 Å². The van der Waals surface area contributed by atoms with Crippen LogP contribution in [0.4, 0.5) is 0 Å². The molecule has 1 aliphatic rings. The molecule has 4 N–H and O–H groups in total. The Morgan fingerprint density at radius 1 is 1.20 bits per heavy atom. The summed E-state index contributed by atoms with van der Waals surface area (Å²) in [5.41, 5.74) is 6.81. The molecule has 7 nitrogen and oxygen atoms in total. The highest BCUT2D eigenvalue weighted by atomic mass is 127. The van der Waals surface area contributed by atoms with E-state index < -0.39 is 5.91 Å². The van der Waals surface area contributed by atoms with Crippen molar-refractivity contribution in [2.45, 2.75) is 38.8 Å². The number of nitrogens with one attached hydrogen (secondary N) is 2. The molecule has 30 heavy (non-hydrogen) atoms. The number of nitrogens with zero attached hydrogens (tertiary/aromatic N) is 2. The molecule has 0 bridgehead atoms. The van der Waals surface area contributed by atoms with Crippen LogP contribution in [0.1, 0.15) is 53.9 Å². The van der Waals surface area contributed by atoms with Crippen LogP contribution in [0.5, 0.6) is 0 Å². The average molecular weight is 525 g/mol. The van der Waals surface area contributed by atoms with Crippen molar-refractivity contribution in [1.82, 2.24) is 15.5 Å². The van der Waals surface area contributed by atoms with Crippen molar-refractivity contribution in [1.29, 1.82) is 0 Å². The first kappa shape index (κ1) is 24.2. The normalized spacial score (nSPS) is 15.8. The summed E-state index contributed by atoms with van der Waals surface area (Å²) >= 11 is 0. The van der Waals surface area contributed by atoms with E-state index >= 15 is 0 Å². The number of hydrogen-bond acceptors (Lipinski definition) is 4. The van der Waals surface area contributed by atoms with Gasteiger partial charge in [0.25, 0.3) is 0 Å². The van der Waals surface area contributed by atoms with Crippen molar-refractivity contribution in [2.24, 2.45) is 10.7 Å². The zero-order valence-electron chi connectivity index (χ0n) is 17.5. The molecular formula is C22H32IN5O2. The minimum Gasteiger partial charge on any atom is -0.468 e. The number of nitrogens with two attached hydrogens (primary N) is 1. The van der Waals surface area contributed by atoms with Crippen LogP contribution in [0.2, 0.25) is 0 Å². The van der Waals surface area contributed by atoms with Gasteiger partial charge in [-0.1, -0.05) is 18.6 Å². The number of furan rings is 1. The quantitative estimate of drug-likeness (QED) is 0.279. The van der Waals surface area contributed by atoms with E-state index in [1.165, 1.54) is 19.3 Å². The summed E-state index contributed by atoms with van der Waals surface area (Å²) in [6.07, 6.45) is 5.48. The van der Waals surface area contributed by atoms with Gasteiger partial charge < -0.3 is 20.8 Å². The molecule has 1 unspecified atom stereocenters. The Kier molecular flexibility index (Phi) is 10.2. The summed E-state index contributed by atoms with van der Waals surface area (Å²) in [5, 5.41) is 6.75. The highest BCUT2D eigenvalue weighted by Gasteiger charge is 2.24. The van der Waals surface area contributed by atoms with Crippen molar-refractivity contribution in [3.05, 3.63) is 59.5 Å². The van der Waals surface area contributed by atoms with Gasteiger partial charge in [-0.3, -0.25) is 9.69 Å². The maximum atomic E-state index is 11.4. The maximum absolute atomic E-state index is 11.4. The van der Waals surface area contributed by atoms with E-state index in [9.17, 15) is 4.79 Å². The van der Waals surface area contributed by atoms with E-state index in [0.29, 0.717) is 18.7 Å². The molecule has 2 heterocycles. The fraction of sp³-hybridized carbons (Fsp3) is 0.455. The van der Waals surface area contributed by atoms with Crippen molar-refractivity contribution in [2.75, 3.05) is 26.2 Å². The maximum Gasteiger partial charge on any atom is 0.248 e. The lowest BCUT2D eigenvalue weighted by Crippen LogP contribution is -2.44. The summed E-state index contributed by atoms with van der Waals surface area (Å²) in [4.78, 5) is 18.5. The lowest BCUT2D eigenvalue weighted by atomic mass is 10.1. The van der Waals surface area contributed by atoms with Crippen molar-refractivity contribution in [3.8, 4) is 0 Å². The zero-order chi connectivity index (χ0) is 20.5. The first-order chi connectivity index (χ1) is 14.2. The van der Waals surface area contributed by atoms with Gasteiger partial charge in [0.15, 0.2) is 5.96 Å². The first-order valence-corrected chi connectivity index (χ1v) is 10.4. The van der Waals surface area contributed by atoms with E-state index in [-0.39, 0.29) is 30.0 Å². The number of piperidine rings is 1. The van der Waals surface area contributed by atoms with Crippen LogP contribution in [0, 0.1) is 0 Å². The van der Waals surface area contributed by atoms with Crippen LogP contribution < -0.4 is 16.4 Å². The molecule has 3 rings (SSSR count). The Labute approximate surface area is 195 Å². The molecule has 0 spiro atoms. The SMILES string of the molecule is CCNC(=NCc1cccc(C(N)=O)c1)NCC(c1ccco1)N1CCCCC1.I. The van der Waals surface area contributed by atoms with Crippen LogP contribution in [-0.2, 0) is 6.54 Å². The molecule has 0 saturated carbocycles. The Balaban J connectivity index is 0.00000320. The molecule has 1 saturated heterocycles. The standard InChI is InChI=1S/C22H31N5O2.HI/c1-2-24-22(25-15-17-8-6-9-18(14-17)21(23)28)26-16-19(20-10-7-13-29-20)27-11-4-3-5-12-27;/h6-10,13-14,19H,2-5,11-12,15-16H2,1H3,(H2,23,28)(H2,24,25,26);1H. The smallest absolute Gasteiger partial charge is 0.248 e. The summed E-state index contributed by atoms with van der Waals surface area (Å²) in [6, 6.07) is 11.4. The van der Waals surface area contributed by atoms with Gasteiger partial charge in [-0.05, 0) is 62.7 Å². The van der Waals surface area contributed by atoms with Crippen LogP contribution in [0.15, 0.2) is 52.1 Å². The van der Waals surface area contributed by atoms with Gasteiger partial charge in [0.05, 0.1) is 18.8 Å². The van der Waals surface area contributed by atoms with Gasteiger partial charge in [0, 0.05) is 18.7 Å². The van der Waals surface area contributed by atoms with Gasteiger partial charge in [0.2, 0.25) is 5.91 Å². The third-order valence-electron chi connectivity index (χ3n) is 5.14. The highest BCUT2D eigenvalue weighted by molar-refractivity contribution is 14.0. The number of benzene rings is 1. The second kappa shape index (κ2) is 12.6. The molecule has 1 atom stereocenters. The lowest BCUT2D eigenvalue weighted by Gasteiger charge is -2.33. The molecule has 1 aromatic carbocycles. The molecule has 0 radical (unpaired) electrons. The molecular weight excluding hydrogens is 493 g/mol. The molecule has 2 aromatic rings. The van der Waals surface area contributed by atoms with Crippen molar-refractivity contribution < 1.29 is 9.21 Å². The topological polar surface area (TPSA) is 95.9 Å². The number of carbonyl (C=O) groups is 1. The predicted octanol–water partition coefficient (Wildman–Crippen LogP) is 3.28. The van der Waals surface area contributed by atoms with Gasteiger partial charge in [-0.2, -0.15) is 0 Å².